The number of ether oxygens (including phenoxy) is 5. The number of rotatable bonds is 7. The zero-order valence-electron chi connectivity index (χ0n) is 14.8. The molecule has 4 heterocycles. The molecular weight excluding hydrogens is 308 g/mol. The molecule has 0 N–H and O–H groups in total. The fourth-order valence-corrected chi connectivity index (χ4v) is 3.23. The molecule has 4 aliphatic rings. The lowest BCUT2D eigenvalue weighted by Crippen LogP contribution is -2.59. The summed E-state index contributed by atoms with van der Waals surface area (Å²) in [6.07, 6.45) is 7.95. The molecule has 136 valence electrons. The van der Waals surface area contributed by atoms with Gasteiger partial charge in [-0.25, -0.2) is 0 Å². The lowest BCUT2D eigenvalue weighted by Gasteiger charge is -2.51. The zero-order valence-corrected chi connectivity index (χ0v) is 14.8. The quantitative estimate of drug-likeness (QED) is 0.527. The van der Waals surface area contributed by atoms with Crippen molar-refractivity contribution in [3.8, 4) is 11.8 Å². The lowest BCUT2D eigenvalue weighted by molar-refractivity contribution is -0.470. The smallest absolute Gasteiger partial charge is 0.282 e. The molecule has 4 aliphatic heterocycles. The minimum atomic E-state index is -0.786. The van der Waals surface area contributed by atoms with Gasteiger partial charge in [-0.2, -0.15) is 0 Å². The van der Waals surface area contributed by atoms with Crippen molar-refractivity contribution in [2.24, 2.45) is 5.41 Å². The van der Waals surface area contributed by atoms with E-state index in [0.29, 0.717) is 6.61 Å². The van der Waals surface area contributed by atoms with Crippen LogP contribution >= 0.6 is 0 Å². The maximum absolute atomic E-state index is 5.86. The molecule has 0 aromatic rings. The van der Waals surface area contributed by atoms with Gasteiger partial charge in [-0.05, 0) is 38.5 Å². The van der Waals surface area contributed by atoms with E-state index in [9.17, 15) is 0 Å². The average Bonchev–Trinajstić information content (AvgIpc) is 2.66. The summed E-state index contributed by atoms with van der Waals surface area (Å²) >= 11 is 0. The molecule has 24 heavy (non-hydrogen) atoms. The minimum Gasteiger partial charge on any atom is -0.353 e. The summed E-state index contributed by atoms with van der Waals surface area (Å²) in [5, 5.41) is 0. The van der Waals surface area contributed by atoms with Crippen LogP contribution in [-0.2, 0) is 23.7 Å². The molecule has 0 saturated carbocycles. The monoisotopic (exact) mass is 338 g/mol. The van der Waals surface area contributed by atoms with Crippen LogP contribution in [0.1, 0.15) is 58.3 Å². The highest BCUT2D eigenvalue weighted by molar-refractivity contribution is 4.99. The van der Waals surface area contributed by atoms with Crippen LogP contribution in [0.5, 0.6) is 0 Å². The number of hydrogen-bond donors (Lipinski definition) is 0. The lowest BCUT2D eigenvalue weighted by atomic mass is 9.86. The molecule has 0 aromatic carbocycles. The summed E-state index contributed by atoms with van der Waals surface area (Å²) in [5.74, 6) is 5.45. The van der Waals surface area contributed by atoms with Crippen molar-refractivity contribution in [2.75, 3.05) is 33.0 Å². The van der Waals surface area contributed by atoms with Gasteiger partial charge in [0.2, 0.25) is 0 Å². The molecule has 1 unspecified atom stereocenters. The van der Waals surface area contributed by atoms with E-state index in [1.165, 1.54) is 6.42 Å². The van der Waals surface area contributed by atoms with E-state index in [1.54, 1.807) is 0 Å². The van der Waals surface area contributed by atoms with E-state index in [1.807, 2.05) is 0 Å². The molecule has 5 heteroatoms. The molecule has 4 rings (SSSR count). The maximum atomic E-state index is 5.86. The first-order valence-corrected chi connectivity index (χ1v) is 9.37. The Kier molecular flexibility index (Phi) is 6.54. The first kappa shape index (κ1) is 18.2. The van der Waals surface area contributed by atoms with Gasteiger partial charge in [0.25, 0.3) is 5.97 Å². The van der Waals surface area contributed by atoms with Crippen LogP contribution in [0.15, 0.2) is 0 Å². The highest BCUT2D eigenvalue weighted by atomic mass is 16.9. The predicted octanol–water partition coefficient (Wildman–Crippen LogP) is 3.22. The number of unbranched alkanes of at least 4 members (excludes halogenated alkanes) is 2. The zero-order chi connectivity index (χ0) is 16.7. The molecule has 0 aliphatic carbocycles. The van der Waals surface area contributed by atoms with Gasteiger partial charge in [-0.1, -0.05) is 12.8 Å². The highest BCUT2D eigenvalue weighted by Gasteiger charge is 2.51. The Balaban J connectivity index is 1.25. The Bertz CT molecular complexity index is 422. The molecule has 1 atom stereocenters. The summed E-state index contributed by atoms with van der Waals surface area (Å²) < 4.78 is 28.7. The predicted molar refractivity (Wildman–Crippen MR) is 89.1 cm³/mol. The third-order valence-electron chi connectivity index (χ3n) is 5.18. The largest absolute Gasteiger partial charge is 0.353 e. The molecule has 0 spiro atoms. The SMILES string of the molecule is CCC12COC(CCCCC#CCOC3CCCCO3)(OC1)OC2. The van der Waals surface area contributed by atoms with Crippen LogP contribution in [0, 0.1) is 17.3 Å². The van der Waals surface area contributed by atoms with Crippen LogP contribution in [0.4, 0.5) is 0 Å². The minimum absolute atomic E-state index is 0.0496. The first-order valence-electron chi connectivity index (χ1n) is 9.37. The van der Waals surface area contributed by atoms with Crippen molar-refractivity contribution in [3.05, 3.63) is 0 Å². The van der Waals surface area contributed by atoms with Gasteiger partial charge >= 0.3 is 0 Å². The first-order chi connectivity index (χ1) is 11.8. The summed E-state index contributed by atoms with van der Waals surface area (Å²) in [6, 6.07) is 0. The van der Waals surface area contributed by atoms with Gasteiger partial charge in [0.1, 0.15) is 6.61 Å². The van der Waals surface area contributed by atoms with E-state index in [4.69, 9.17) is 23.7 Å². The number of hydrogen-bond acceptors (Lipinski definition) is 5. The standard InChI is InChI=1S/C19H30O5/c1-2-18-14-22-19(23-15-18,24-16-18)11-7-4-3-5-8-12-20-17-10-6-9-13-21-17/h17H,2-4,6-7,9-16H2,1H3. The summed E-state index contributed by atoms with van der Waals surface area (Å²) in [7, 11) is 0. The normalized spacial score (nSPS) is 35.5. The van der Waals surface area contributed by atoms with Gasteiger partial charge in [0.15, 0.2) is 6.29 Å². The van der Waals surface area contributed by atoms with Gasteiger partial charge in [-0.3, -0.25) is 0 Å². The van der Waals surface area contributed by atoms with Crippen molar-refractivity contribution in [1.82, 2.24) is 0 Å². The van der Waals surface area contributed by atoms with E-state index in [0.717, 1.165) is 71.4 Å². The Labute approximate surface area is 145 Å². The molecule has 4 fully saturated rings. The van der Waals surface area contributed by atoms with Gasteiger partial charge in [0, 0.05) is 24.9 Å². The molecular formula is C19H30O5. The van der Waals surface area contributed by atoms with Crippen LogP contribution in [-0.4, -0.2) is 45.3 Å². The maximum Gasteiger partial charge on any atom is 0.282 e. The molecule has 4 saturated heterocycles. The average molecular weight is 338 g/mol. The molecule has 0 radical (unpaired) electrons. The van der Waals surface area contributed by atoms with E-state index in [-0.39, 0.29) is 11.7 Å². The van der Waals surface area contributed by atoms with Crippen LogP contribution in [0.2, 0.25) is 0 Å². The van der Waals surface area contributed by atoms with Crippen molar-refractivity contribution >= 4 is 0 Å². The van der Waals surface area contributed by atoms with Gasteiger partial charge in [-0.15, -0.1) is 5.92 Å². The molecule has 2 bridgehead atoms. The van der Waals surface area contributed by atoms with Crippen LogP contribution in [0.3, 0.4) is 0 Å². The van der Waals surface area contributed by atoms with E-state index < -0.39 is 5.97 Å². The summed E-state index contributed by atoms with van der Waals surface area (Å²) in [5.41, 5.74) is 0.0786. The van der Waals surface area contributed by atoms with Crippen LogP contribution < -0.4 is 0 Å². The van der Waals surface area contributed by atoms with Crippen molar-refractivity contribution in [1.29, 1.82) is 0 Å². The second-order valence-corrected chi connectivity index (χ2v) is 7.07. The highest BCUT2D eigenvalue weighted by Crippen LogP contribution is 2.42. The Hall–Kier alpha value is -0.640. The Morgan fingerprint density at radius 1 is 1.04 bits per heavy atom. The molecule has 5 nitrogen and oxygen atoms in total. The topological polar surface area (TPSA) is 46.2 Å². The van der Waals surface area contributed by atoms with E-state index in [2.05, 4.69) is 18.8 Å². The second-order valence-electron chi connectivity index (χ2n) is 7.07. The Morgan fingerprint density at radius 3 is 2.50 bits per heavy atom. The fourth-order valence-electron chi connectivity index (χ4n) is 3.23. The third-order valence-corrected chi connectivity index (χ3v) is 5.18. The van der Waals surface area contributed by atoms with Crippen molar-refractivity contribution in [3.63, 3.8) is 0 Å². The summed E-state index contributed by atoms with van der Waals surface area (Å²) in [4.78, 5) is 0. The Morgan fingerprint density at radius 2 is 1.83 bits per heavy atom. The third kappa shape index (κ3) is 4.71. The summed E-state index contributed by atoms with van der Waals surface area (Å²) in [6.45, 7) is 5.70. The second kappa shape index (κ2) is 8.64. The van der Waals surface area contributed by atoms with Crippen molar-refractivity contribution < 1.29 is 23.7 Å². The van der Waals surface area contributed by atoms with Crippen molar-refractivity contribution in [2.45, 2.75) is 70.6 Å². The molecule has 0 aromatic heterocycles. The van der Waals surface area contributed by atoms with Gasteiger partial charge in [0.05, 0.1) is 19.8 Å². The van der Waals surface area contributed by atoms with E-state index >= 15 is 0 Å². The molecule has 0 amide bonds. The number of fused-ring (bicyclic) bond motifs is 3. The van der Waals surface area contributed by atoms with Gasteiger partial charge < -0.3 is 23.7 Å². The van der Waals surface area contributed by atoms with Crippen LogP contribution in [0.25, 0.3) is 0 Å². The fraction of sp³-hybridized carbons (Fsp3) is 0.895.